The molecule has 0 aliphatic heterocycles. The van der Waals surface area contributed by atoms with Gasteiger partial charge in [-0.05, 0) is 0 Å². The molecule has 0 amide bonds. The molecule has 1 rings (SSSR count). The lowest BCUT2D eigenvalue weighted by atomic mass is 10.1. The van der Waals surface area contributed by atoms with Crippen molar-refractivity contribution in [3.05, 3.63) is 33.1 Å². The van der Waals surface area contributed by atoms with Crippen molar-refractivity contribution < 1.29 is 13.7 Å². The van der Waals surface area contributed by atoms with E-state index in [1.165, 1.54) is 6.07 Å². The number of nitriles is 1. The summed E-state index contributed by atoms with van der Waals surface area (Å²) in [5.41, 5.74) is -2.11. The average molecular weight is 248 g/mol. The first-order valence-corrected chi connectivity index (χ1v) is 4.47. The summed E-state index contributed by atoms with van der Waals surface area (Å²) in [5.74, 6) is -0.373. The van der Waals surface area contributed by atoms with Crippen molar-refractivity contribution in [2.75, 3.05) is 0 Å². The van der Waals surface area contributed by atoms with E-state index in [-0.39, 0.29) is 11.6 Å². The summed E-state index contributed by atoms with van der Waals surface area (Å²) < 4.78 is 24.9. The number of alkyl halides is 3. The van der Waals surface area contributed by atoms with Gasteiger partial charge in [-0.3, -0.25) is 10.1 Å². The van der Waals surface area contributed by atoms with E-state index in [2.05, 4.69) is 4.98 Å². The summed E-state index contributed by atoms with van der Waals surface area (Å²) in [6, 6.07) is 2.19. The van der Waals surface area contributed by atoms with Crippen molar-refractivity contribution in [3.63, 3.8) is 0 Å². The summed E-state index contributed by atoms with van der Waals surface area (Å²) >= 11 is 5.35. The highest BCUT2D eigenvalue weighted by Crippen LogP contribution is 2.27. The standard InChI is InChI=1S/C8H4ClF2N3O2/c9-2-5-6(14(15)16)1-4(3-12)7(13-5)8(10)11/h1,8H,2H2. The SMILES string of the molecule is N#Cc1cc([N+](=O)[O-])c(CCl)nc1C(F)F. The fourth-order valence-electron chi connectivity index (χ4n) is 1.07. The normalized spacial score (nSPS) is 10.2. The molecule has 84 valence electrons. The minimum atomic E-state index is -2.97. The second-order valence-electron chi connectivity index (χ2n) is 2.69. The molecule has 5 nitrogen and oxygen atoms in total. The van der Waals surface area contributed by atoms with E-state index < -0.39 is 28.3 Å². The molecule has 1 heterocycles. The maximum atomic E-state index is 12.4. The minimum absolute atomic E-state index is 0.277. The fourth-order valence-corrected chi connectivity index (χ4v) is 1.27. The van der Waals surface area contributed by atoms with Gasteiger partial charge in [0.15, 0.2) is 0 Å². The monoisotopic (exact) mass is 247 g/mol. The maximum Gasteiger partial charge on any atom is 0.293 e. The van der Waals surface area contributed by atoms with Crippen LogP contribution in [0.1, 0.15) is 23.4 Å². The molecule has 8 heteroatoms. The van der Waals surface area contributed by atoms with Crippen molar-refractivity contribution in [2.24, 2.45) is 0 Å². The van der Waals surface area contributed by atoms with Crippen LogP contribution in [0, 0.1) is 21.4 Å². The summed E-state index contributed by atoms with van der Waals surface area (Å²) in [5, 5.41) is 19.1. The predicted octanol–water partition coefficient (Wildman–Crippen LogP) is 2.54. The third kappa shape index (κ3) is 2.23. The zero-order chi connectivity index (χ0) is 12.3. The quantitative estimate of drug-likeness (QED) is 0.467. The molecule has 0 saturated heterocycles. The van der Waals surface area contributed by atoms with Crippen LogP contribution in [0.3, 0.4) is 0 Å². The van der Waals surface area contributed by atoms with E-state index in [0.717, 1.165) is 6.07 Å². The topological polar surface area (TPSA) is 79.8 Å². The van der Waals surface area contributed by atoms with Gasteiger partial charge in [0.2, 0.25) is 0 Å². The molecule has 0 N–H and O–H groups in total. The summed E-state index contributed by atoms with van der Waals surface area (Å²) in [6.45, 7) is 0. The van der Waals surface area contributed by atoms with E-state index >= 15 is 0 Å². The van der Waals surface area contributed by atoms with Crippen LogP contribution >= 0.6 is 11.6 Å². The zero-order valence-corrected chi connectivity index (χ0v) is 8.41. The van der Waals surface area contributed by atoms with Crippen LogP contribution < -0.4 is 0 Å². The van der Waals surface area contributed by atoms with Gasteiger partial charge >= 0.3 is 0 Å². The molecule has 0 spiro atoms. The molecule has 0 radical (unpaired) electrons. The summed E-state index contributed by atoms with van der Waals surface area (Å²) in [4.78, 5) is 13.1. The molecule has 0 aliphatic rings. The second-order valence-corrected chi connectivity index (χ2v) is 2.96. The van der Waals surface area contributed by atoms with Gasteiger partial charge < -0.3 is 0 Å². The van der Waals surface area contributed by atoms with Gasteiger partial charge in [-0.1, -0.05) is 0 Å². The van der Waals surface area contributed by atoms with Crippen LogP contribution in [0.25, 0.3) is 0 Å². The van der Waals surface area contributed by atoms with Gasteiger partial charge in [-0.15, -0.1) is 11.6 Å². The highest BCUT2D eigenvalue weighted by molar-refractivity contribution is 6.17. The van der Waals surface area contributed by atoms with E-state index in [9.17, 15) is 18.9 Å². The maximum absolute atomic E-state index is 12.4. The molecule has 0 atom stereocenters. The van der Waals surface area contributed by atoms with E-state index in [1.54, 1.807) is 0 Å². The Hall–Kier alpha value is -1.81. The van der Waals surface area contributed by atoms with Crippen LogP contribution in [0.15, 0.2) is 6.07 Å². The molecule has 0 unspecified atom stereocenters. The van der Waals surface area contributed by atoms with Crippen LogP contribution in [0.4, 0.5) is 14.5 Å². The Morgan fingerprint density at radius 3 is 2.69 bits per heavy atom. The Bertz CT molecular complexity index is 473. The zero-order valence-electron chi connectivity index (χ0n) is 7.65. The van der Waals surface area contributed by atoms with Gasteiger partial charge in [-0.2, -0.15) is 5.26 Å². The number of hydrogen-bond donors (Lipinski definition) is 0. The Morgan fingerprint density at radius 2 is 2.31 bits per heavy atom. The number of nitro groups is 1. The minimum Gasteiger partial charge on any atom is -0.258 e. The Kier molecular flexibility index (Phi) is 3.68. The number of hydrogen-bond acceptors (Lipinski definition) is 4. The number of aromatic nitrogens is 1. The molecule has 0 fully saturated rings. The molecule has 1 aromatic heterocycles. The van der Waals surface area contributed by atoms with Crippen molar-refractivity contribution >= 4 is 17.3 Å². The predicted molar refractivity (Wildman–Crippen MR) is 50.1 cm³/mol. The molecule has 0 saturated carbocycles. The third-order valence-corrected chi connectivity index (χ3v) is 2.01. The highest BCUT2D eigenvalue weighted by Gasteiger charge is 2.23. The van der Waals surface area contributed by atoms with Crippen LogP contribution in [-0.2, 0) is 5.88 Å². The molecule has 0 bridgehead atoms. The molecule has 0 aromatic carbocycles. The molecule has 0 aliphatic carbocycles. The first-order valence-electron chi connectivity index (χ1n) is 3.93. The summed E-state index contributed by atoms with van der Waals surface area (Å²) in [6.07, 6.45) is -2.97. The van der Waals surface area contributed by atoms with Gasteiger partial charge in [0, 0.05) is 6.07 Å². The Labute approximate surface area is 93.4 Å². The Balaban J connectivity index is 3.48. The van der Waals surface area contributed by atoms with Crippen molar-refractivity contribution in [1.82, 2.24) is 4.98 Å². The fraction of sp³-hybridized carbons (Fsp3) is 0.250. The largest absolute Gasteiger partial charge is 0.293 e. The van der Waals surface area contributed by atoms with Crippen molar-refractivity contribution in [2.45, 2.75) is 12.3 Å². The van der Waals surface area contributed by atoms with Crippen molar-refractivity contribution in [1.29, 1.82) is 5.26 Å². The van der Waals surface area contributed by atoms with Crippen LogP contribution in [-0.4, -0.2) is 9.91 Å². The first kappa shape index (κ1) is 12.3. The molecule has 1 aromatic rings. The van der Waals surface area contributed by atoms with Gasteiger partial charge in [-0.25, -0.2) is 13.8 Å². The van der Waals surface area contributed by atoms with Crippen molar-refractivity contribution in [3.8, 4) is 6.07 Å². The van der Waals surface area contributed by atoms with Gasteiger partial charge in [0.05, 0.1) is 16.4 Å². The van der Waals surface area contributed by atoms with Gasteiger partial charge in [0.1, 0.15) is 17.5 Å². The van der Waals surface area contributed by atoms with Gasteiger partial charge in [0.25, 0.3) is 12.1 Å². The third-order valence-electron chi connectivity index (χ3n) is 1.76. The van der Waals surface area contributed by atoms with E-state index in [1.807, 2.05) is 0 Å². The lowest BCUT2D eigenvalue weighted by molar-refractivity contribution is -0.385. The number of pyridine rings is 1. The number of nitrogens with zero attached hydrogens (tertiary/aromatic N) is 3. The Morgan fingerprint density at radius 1 is 1.69 bits per heavy atom. The molecular weight excluding hydrogens is 244 g/mol. The molecular formula is C8H4ClF2N3O2. The van der Waals surface area contributed by atoms with Crippen LogP contribution in [0.2, 0.25) is 0 Å². The highest BCUT2D eigenvalue weighted by atomic mass is 35.5. The summed E-state index contributed by atoms with van der Waals surface area (Å²) in [7, 11) is 0. The molecule has 16 heavy (non-hydrogen) atoms. The number of halogens is 3. The lowest BCUT2D eigenvalue weighted by Gasteiger charge is -2.04. The van der Waals surface area contributed by atoms with E-state index in [0.29, 0.717) is 0 Å². The number of rotatable bonds is 3. The van der Waals surface area contributed by atoms with Crippen LogP contribution in [0.5, 0.6) is 0 Å². The average Bonchev–Trinajstić information content (AvgIpc) is 2.26. The first-order chi connectivity index (χ1) is 7.51. The lowest BCUT2D eigenvalue weighted by Crippen LogP contribution is -2.03. The second kappa shape index (κ2) is 4.81. The smallest absolute Gasteiger partial charge is 0.258 e. The van der Waals surface area contributed by atoms with E-state index in [4.69, 9.17) is 16.9 Å².